The van der Waals surface area contributed by atoms with E-state index in [9.17, 15) is 14.2 Å². The molecule has 100 valence electrons. The lowest BCUT2D eigenvalue weighted by atomic mass is 10.3. The van der Waals surface area contributed by atoms with Crippen molar-refractivity contribution in [3.8, 4) is 0 Å². The van der Waals surface area contributed by atoms with E-state index in [1.54, 1.807) is 0 Å². The van der Waals surface area contributed by atoms with Gasteiger partial charge in [-0.2, -0.15) is 0 Å². The maximum Gasteiger partial charge on any atom is 0.472 e. The van der Waals surface area contributed by atoms with Crippen molar-refractivity contribution in [1.29, 1.82) is 0 Å². The Hall–Kier alpha value is -0.990. The molecule has 0 aromatic heterocycles. The molecule has 0 aliphatic carbocycles. The van der Waals surface area contributed by atoms with E-state index in [0.29, 0.717) is 0 Å². The summed E-state index contributed by atoms with van der Waals surface area (Å²) in [6.45, 7) is -0.0680. The molecule has 0 aromatic carbocycles. The van der Waals surface area contributed by atoms with Gasteiger partial charge >= 0.3 is 19.8 Å². The second-order valence-electron chi connectivity index (χ2n) is 2.88. The van der Waals surface area contributed by atoms with Gasteiger partial charge in [-0.25, -0.2) is 4.57 Å². The molecule has 0 aromatic rings. The predicted octanol–water partition coefficient (Wildman–Crippen LogP) is -0.905. The molecule has 0 bridgehead atoms. The molecule has 17 heavy (non-hydrogen) atoms. The third-order valence-electron chi connectivity index (χ3n) is 1.38. The van der Waals surface area contributed by atoms with Crippen molar-refractivity contribution in [3.63, 3.8) is 0 Å². The summed E-state index contributed by atoms with van der Waals surface area (Å²) in [5, 5.41) is 8.38. The van der Waals surface area contributed by atoms with Gasteiger partial charge in [-0.3, -0.25) is 18.6 Å². The number of carbonyl (C=O) groups is 2. The number of hydrogen-bond donors (Lipinski definition) is 3. The number of ether oxygens (including phenoxy) is 1. The molecule has 0 rings (SSSR count). The van der Waals surface area contributed by atoms with Crippen LogP contribution in [0.3, 0.4) is 0 Å². The molecule has 4 N–H and O–H groups in total. The van der Waals surface area contributed by atoms with Crippen LogP contribution in [0.1, 0.15) is 6.92 Å². The van der Waals surface area contributed by atoms with Gasteiger partial charge in [-0.1, -0.05) is 0 Å². The van der Waals surface area contributed by atoms with Crippen LogP contribution in [-0.2, 0) is 27.9 Å². The average Bonchev–Trinajstić information content (AvgIpc) is 2.21. The highest BCUT2D eigenvalue weighted by molar-refractivity contribution is 7.47. The van der Waals surface area contributed by atoms with Gasteiger partial charge in [0.25, 0.3) is 0 Å². The van der Waals surface area contributed by atoms with Crippen molar-refractivity contribution in [2.75, 3.05) is 19.8 Å². The zero-order valence-electron chi connectivity index (χ0n) is 9.07. The minimum absolute atomic E-state index is 0.214. The number of aliphatic carboxylic acids is 1. The van der Waals surface area contributed by atoms with Crippen molar-refractivity contribution >= 4 is 19.8 Å². The molecule has 0 saturated heterocycles. The van der Waals surface area contributed by atoms with Crippen molar-refractivity contribution in [3.05, 3.63) is 0 Å². The van der Waals surface area contributed by atoms with Crippen LogP contribution in [0.25, 0.3) is 0 Å². The standard InChI is InChI=1S/C7H14NO8P/c1-5(9)14-2-3-15-17(12,13)16-4-6(8)7(10)11/h6H,2-4,8H2,1H3,(H,10,11)(H,12,13). The van der Waals surface area contributed by atoms with Crippen LogP contribution >= 0.6 is 7.82 Å². The van der Waals surface area contributed by atoms with Crippen molar-refractivity contribution < 1.29 is 37.9 Å². The lowest BCUT2D eigenvalue weighted by molar-refractivity contribution is -0.142. The highest BCUT2D eigenvalue weighted by Crippen LogP contribution is 2.42. The minimum atomic E-state index is -4.38. The quantitative estimate of drug-likeness (QED) is 0.290. The SMILES string of the molecule is CC(=O)OCCOP(=O)(O)OCC(N)C(=O)O. The van der Waals surface area contributed by atoms with Gasteiger partial charge in [0.15, 0.2) is 0 Å². The van der Waals surface area contributed by atoms with Crippen LogP contribution in [0.5, 0.6) is 0 Å². The normalized spacial score (nSPS) is 15.9. The molecule has 0 aliphatic heterocycles. The minimum Gasteiger partial charge on any atom is -0.480 e. The average molecular weight is 271 g/mol. The smallest absolute Gasteiger partial charge is 0.472 e. The largest absolute Gasteiger partial charge is 0.480 e. The monoisotopic (exact) mass is 271 g/mol. The van der Waals surface area contributed by atoms with Crippen LogP contribution in [0.4, 0.5) is 0 Å². The summed E-state index contributed by atoms with van der Waals surface area (Å²) in [6.07, 6.45) is 0. The first-order chi connectivity index (χ1) is 7.74. The summed E-state index contributed by atoms with van der Waals surface area (Å²) in [6, 6.07) is -1.42. The number of rotatable bonds is 8. The summed E-state index contributed by atoms with van der Waals surface area (Å²) < 4.78 is 24.2. The van der Waals surface area contributed by atoms with E-state index < -0.39 is 32.4 Å². The van der Waals surface area contributed by atoms with Crippen LogP contribution in [0.2, 0.25) is 0 Å². The summed E-state index contributed by atoms with van der Waals surface area (Å²) in [5.74, 6) is -1.93. The van der Waals surface area contributed by atoms with E-state index in [4.69, 9.17) is 15.7 Å². The second kappa shape index (κ2) is 7.36. The molecule has 0 aliphatic rings. The van der Waals surface area contributed by atoms with Gasteiger partial charge in [0.2, 0.25) is 0 Å². The Morgan fingerprint density at radius 1 is 1.35 bits per heavy atom. The van der Waals surface area contributed by atoms with Gasteiger partial charge in [-0.05, 0) is 0 Å². The first-order valence-electron chi connectivity index (χ1n) is 4.48. The zero-order chi connectivity index (χ0) is 13.5. The maximum atomic E-state index is 11.1. The number of carboxylic acids is 1. The number of nitrogens with two attached hydrogens (primary N) is 1. The van der Waals surface area contributed by atoms with E-state index in [2.05, 4.69) is 13.8 Å². The molecular weight excluding hydrogens is 257 g/mol. The van der Waals surface area contributed by atoms with Crippen molar-refractivity contribution in [2.24, 2.45) is 5.73 Å². The fraction of sp³-hybridized carbons (Fsp3) is 0.714. The number of hydrogen-bond acceptors (Lipinski definition) is 7. The second-order valence-corrected chi connectivity index (χ2v) is 4.34. The van der Waals surface area contributed by atoms with Crippen LogP contribution < -0.4 is 5.73 Å². The number of phosphoric ester groups is 1. The number of esters is 1. The fourth-order valence-electron chi connectivity index (χ4n) is 0.621. The van der Waals surface area contributed by atoms with Gasteiger partial charge in [0.1, 0.15) is 12.6 Å². The Bertz CT molecular complexity index is 319. The number of phosphoric acid groups is 1. The van der Waals surface area contributed by atoms with E-state index in [0.717, 1.165) is 0 Å². The Morgan fingerprint density at radius 2 is 1.94 bits per heavy atom. The molecule has 9 nitrogen and oxygen atoms in total. The molecule has 10 heteroatoms. The Morgan fingerprint density at radius 3 is 2.41 bits per heavy atom. The highest BCUT2D eigenvalue weighted by atomic mass is 31.2. The summed E-state index contributed by atoms with van der Waals surface area (Å²) in [4.78, 5) is 29.6. The molecule has 0 amide bonds. The van der Waals surface area contributed by atoms with E-state index in [-0.39, 0.29) is 13.2 Å². The third-order valence-corrected chi connectivity index (χ3v) is 2.36. The molecule has 0 heterocycles. The molecule has 0 saturated carbocycles. The lowest BCUT2D eigenvalue weighted by Crippen LogP contribution is -2.34. The first-order valence-corrected chi connectivity index (χ1v) is 5.98. The predicted molar refractivity (Wildman–Crippen MR) is 54.0 cm³/mol. The molecule has 0 fully saturated rings. The molecule has 2 atom stereocenters. The summed E-state index contributed by atoms with van der Waals surface area (Å²) in [7, 11) is -4.38. The van der Waals surface area contributed by atoms with Gasteiger partial charge < -0.3 is 20.5 Å². The highest BCUT2D eigenvalue weighted by Gasteiger charge is 2.24. The molecule has 2 unspecified atom stereocenters. The van der Waals surface area contributed by atoms with Crippen LogP contribution in [-0.4, -0.2) is 47.8 Å². The Balaban J connectivity index is 3.84. The Kier molecular flexibility index (Phi) is 6.93. The number of carbonyl (C=O) groups excluding carboxylic acids is 1. The maximum absolute atomic E-state index is 11.1. The van der Waals surface area contributed by atoms with E-state index in [1.165, 1.54) is 6.92 Å². The van der Waals surface area contributed by atoms with Gasteiger partial charge in [0, 0.05) is 6.92 Å². The van der Waals surface area contributed by atoms with E-state index >= 15 is 0 Å². The van der Waals surface area contributed by atoms with Gasteiger partial charge in [-0.15, -0.1) is 0 Å². The van der Waals surface area contributed by atoms with Crippen LogP contribution in [0, 0.1) is 0 Å². The van der Waals surface area contributed by atoms with E-state index in [1.807, 2.05) is 0 Å². The molecule has 0 spiro atoms. The third kappa shape index (κ3) is 8.78. The number of carboxylic acid groups (broad SMARTS) is 1. The topological polar surface area (TPSA) is 145 Å². The first kappa shape index (κ1) is 16.0. The van der Waals surface area contributed by atoms with Gasteiger partial charge in [0.05, 0.1) is 13.2 Å². The lowest BCUT2D eigenvalue weighted by Gasteiger charge is -2.13. The summed E-state index contributed by atoms with van der Waals surface area (Å²) >= 11 is 0. The van der Waals surface area contributed by atoms with Crippen LogP contribution in [0.15, 0.2) is 0 Å². The fourth-order valence-corrected chi connectivity index (χ4v) is 1.35. The molecule has 0 radical (unpaired) electrons. The zero-order valence-corrected chi connectivity index (χ0v) is 9.96. The van der Waals surface area contributed by atoms with Crippen molar-refractivity contribution in [2.45, 2.75) is 13.0 Å². The summed E-state index contributed by atoms with van der Waals surface area (Å²) in [5.41, 5.74) is 5.04. The molecular formula is C7H14NO8P. The Labute approximate surface area is 97.1 Å². The van der Waals surface area contributed by atoms with Crippen molar-refractivity contribution in [1.82, 2.24) is 0 Å².